The molecule has 2 heteroatoms. The van der Waals surface area contributed by atoms with Crippen LogP contribution in [-0.4, -0.2) is 11.1 Å². The third kappa shape index (κ3) is 11.3. The van der Waals surface area contributed by atoms with Gasteiger partial charge in [0, 0.05) is 5.57 Å². The second kappa shape index (κ2) is 14.8. The number of allylic oxidation sites excluding steroid dienone is 4. The van der Waals surface area contributed by atoms with E-state index in [1.54, 1.807) is 11.1 Å². The summed E-state index contributed by atoms with van der Waals surface area (Å²) in [6.45, 7) is 4.60. The van der Waals surface area contributed by atoms with E-state index in [-0.39, 0.29) is 5.57 Å². The summed E-state index contributed by atoms with van der Waals surface area (Å²) in [6, 6.07) is 0. The molecule has 2 rings (SSSR count). The first-order valence-corrected chi connectivity index (χ1v) is 10.9. The van der Waals surface area contributed by atoms with E-state index in [4.69, 9.17) is 5.11 Å². The van der Waals surface area contributed by atoms with Crippen molar-refractivity contribution < 1.29 is 9.90 Å². The van der Waals surface area contributed by atoms with Crippen LogP contribution in [-0.2, 0) is 4.79 Å². The maximum Gasteiger partial charge on any atom is 0.330 e. The highest BCUT2D eigenvalue weighted by molar-refractivity contribution is 5.84. The molecule has 0 amide bonds. The zero-order valence-electron chi connectivity index (χ0n) is 17.0. The lowest BCUT2D eigenvalue weighted by atomic mass is 9.90. The van der Waals surface area contributed by atoms with E-state index in [1.807, 2.05) is 0 Å². The van der Waals surface area contributed by atoms with E-state index in [9.17, 15) is 4.79 Å². The van der Waals surface area contributed by atoms with Gasteiger partial charge in [-0.3, -0.25) is 0 Å². The van der Waals surface area contributed by atoms with Crippen LogP contribution in [0.15, 0.2) is 35.5 Å². The lowest BCUT2D eigenvalue weighted by molar-refractivity contribution is -0.132. The van der Waals surface area contributed by atoms with Crippen LogP contribution in [0, 0.1) is 0 Å². The number of carboxylic acids is 1. The molecule has 1 N–H and O–H groups in total. The van der Waals surface area contributed by atoms with E-state index in [0.717, 1.165) is 0 Å². The van der Waals surface area contributed by atoms with E-state index >= 15 is 0 Å². The molecule has 0 saturated carbocycles. The van der Waals surface area contributed by atoms with Crippen molar-refractivity contribution in [3.05, 3.63) is 35.5 Å². The highest BCUT2D eigenvalue weighted by Gasteiger charge is 2.08. The van der Waals surface area contributed by atoms with Crippen molar-refractivity contribution >= 4 is 5.97 Å². The third-order valence-electron chi connectivity index (χ3n) is 5.36. The third-order valence-corrected chi connectivity index (χ3v) is 5.36. The predicted molar refractivity (Wildman–Crippen MR) is 112 cm³/mol. The molecule has 0 heterocycles. The summed E-state index contributed by atoms with van der Waals surface area (Å²) < 4.78 is 0. The Bertz CT molecular complexity index is 427. The summed E-state index contributed by atoms with van der Waals surface area (Å²) in [5.41, 5.74) is 3.63. The van der Waals surface area contributed by atoms with Crippen LogP contribution in [0.25, 0.3) is 0 Å². The minimum atomic E-state index is -0.935. The lowest BCUT2D eigenvalue weighted by Crippen LogP contribution is -1.96. The number of hydrogen-bond donors (Lipinski definition) is 1. The zero-order valence-corrected chi connectivity index (χ0v) is 17.0. The second-order valence-electron chi connectivity index (χ2n) is 7.86. The van der Waals surface area contributed by atoms with Crippen LogP contribution in [0.3, 0.4) is 0 Å². The highest BCUT2D eigenvalue weighted by Crippen LogP contribution is 2.27. The SMILES string of the molecule is C1=C(\C2=C\CCCCCCCC2)CCCCCCCC/1.C=C(C)C(=O)O. The summed E-state index contributed by atoms with van der Waals surface area (Å²) in [6.07, 6.45) is 27.9. The Labute approximate surface area is 161 Å². The minimum Gasteiger partial charge on any atom is -0.478 e. The van der Waals surface area contributed by atoms with E-state index in [2.05, 4.69) is 18.7 Å². The fraction of sp³-hybridized carbons (Fsp3) is 0.708. The average Bonchev–Trinajstić information content (AvgIpc) is 2.64. The minimum absolute atomic E-state index is 0.176. The first-order chi connectivity index (χ1) is 12.6. The van der Waals surface area contributed by atoms with Crippen molar-refractivity contribution in [1.82, 2.24) is 0 Å². The summed E-state index contributed by atoms with van der Waals surface area (Å²) in [7, 11) is 0. The Balaban J connectivity index is 0.000000487. The van der Waals surface area contributed by atoms with Gasteiger partial charge in [-0.1, -0.05) is 70.1 Å². The molecule has 0 spiro atoms. The first kappa shape index (κ1) is 22.7. The Kier molecular flexibility index (Phi) is 13.0. The predicted octanol–water partition coefficient (Wildman–Crippen LogP) is 7.76. The Morgan fingerprint density at radius 2 is 1.04 bits per heavy atom. The van der Waals surface area contributed by atoms with Crippen molar-refractivity contribution in [2.24, 2.45) is 0 Å². The number of hydrogen-bond acceptors (Lipinski definition) is 1. The van der Waals surface area contributed by atoms with Crippen LogP contribution < -0.4 is 0 Å². The van der Waals surface area contributed by atoms with Crippen LogP contribution in [0.5, 0.6) is 0 Å². The van der Waals surface area contributed by atoms with Gasteiger partial charge in [-0.05, 0) is 69.4 Å². The van der Waals surface area contributed by atoms with Crippen molar-refractivity contribution in [3.63, 3.8) is 0 Å². The van der Waals surface area contributed by atoms with Gasteiger partial charge < -0.3 is 5.11 Å². The van der Waals surface area contributed by atoms with E-state index < -0.39 is 5.97 Å². The van der Waals surface area contributed by atoms with Crippen molar-refractivity contribution in [1.29, 1.82) is 0 Å². The van der Waals surface area contributed by atoms with Gasteiger partial charge in [0.15, 0.2) is 0 Å². The molecule has 26 heavy (non-hydrogen) atoms. The Hall–Kier alpha value is -1.31. The molecule has 0 aliphatic heterocycles. The van der Waals surface area contributed by atoms with Gasteiger partial charge in [0.05, 0.1) is 0 Å². The largest absolute Gasteiger partial charge is 0.478 e. The van der Waals surface area contributed by atoms with Crippen LogP contribution >= 0.6 is 0 Å². The standard InChI is InChI=1S/C20H34.C4H6O2/c1-3-7-11-15-19(16-12-8-4-1)20-17-13-9-5-2-6-10-14-18-20;1-3(2)4(5)6/h15,17H,1-14,16,18H2;1H2,2H3,(H,5,6)/b19-15-,20-17+;. The fourth-order valence-electron chi connectivity index (χ4n) is 3.67. The normalized spacial score (nSPS) is 24.5. The first-order valence-electron chi connectivity index (χ1n) is 10.9. The summed E-state index contributed by atoms with van der Waals surface area (Å²) in [4.78, 5) is 9.60. The van der Waals surface area contributed by atoms with Gasteiger partial charge in [-0.25, -0.2) is 4.79 Å². The Morgan fingerprint density at radius 3 is 1.38 bits per heavy atom. The summed E-state index contributed by atoms with van der Waals surface area (Å²) in [5.74, 6) is -0.935. The Morgan fingerprint density at radius 1 is 0.731 bits per heavy atom. The molecule has 0 fully saturated rings. The molecule has 0 bridgehead atoms. The molecule has 2 aliphatic carbocycles. The number of carbonyl (C=O) groups is 1. The highest BCUT2D eigenvalue weighted by atomic mass is 16.4. The van der Waals surface area contributed by atoms with Crippen LogP contribution in [0.4, 0.5) is 0 Å². The molecule has 2 nitrogen and oxygen atoms in total. The lowest BCUT2D eigenvalue weighted by Gasteiger charge is -2.16. The van der Waals surface area contributed by atoms with Gasteiger partial charge in [0.25, 0.3) is 0 Å². The smallest absolute Gasteiger partial charge is 0.330 e. The fourth-order valence-corrected chi connectivity index (χ4v) is 3.67. The average molecular weight is 361 g/mol. The molecule has 0 aromatic carbocycles. The maximum absolute atomic E-state index is 9.60. The molecule has 0 radical (unpaired) electrons. The van der Waals surface area contributed by atoms with Gasteiger partial charge in [0.2, 0.25) is 0 Å². The number of aliphatic carboxylic acids is 1. The quantitative estimate of drug-likeness (QED) is 0.511. The van der Waals surface area contributed by atoms with Crippen LogP contribution in [0.1, 0.15) is 110 Å². The molecule has 2 aliphatic rings. The van der Waals surface area contributed by atoms with Gasteiger partial charge >= 0.3 is 5.97 Å². The zero-order chi connectivity index (χ0) is 19.0. The van der Waals surface area contributed by atoms with E-state index in [1.165, 1.54) is 110 Å². The molecule has 148 valence electrons. The van der Waals surface area contributed by atoms with Gasteiger partial charge in [0.1, 0.15) is 0 Å². The summed E-state index contributed by atoms with van der Waals surface area (Å²) in [5, 5.41) is 7.89. The molecule has 0 atom stereocenters. The van der Waals surface area contributed by atoms with Crippen LogP contribution in [0.2, 0.25) is 0 Å². The number of rotatable bonds is 2. The van der Waals surface area contributed by atoms with Crippen molar-refractivity contribution in [3.8, 4) is 0 Å². The van der Waals surface area contributed by atoms with Gasteiger partial charge in [-0.15, -0.1) is 0 Å². The molecule has 0 aromatic rings. The topological polar surface area (TPSA) is 37.3 Å². The monoisotopic (exact) mass is 360 g/mol. The van der Waals surface area contributed by atoms with Crippen molar-refractivity contribution in [2.45, 2.75) is 110 Å². The van der Waals surface area contributed by atoms with Crippen molar-refractivity contribution in [2.75, 3.05) is 0 Å². The van der Waals surface area contributed by atoms with E-state index in [0.29, 0.717) is 0 Å². The molecule has 0 saturated heterocycles. The number of carboxylic acid groups (broad SMARTS) is 1. The van der Waals surface area contributed by atoms with Gasteiger partial charge in [-0.2, -0.15) is 0 Å². The molecular weight excluding hydrogens is 320 g/mol. The second-order valence-corrected chi connectivity index (χ2v) is 7.86. The maximum atomic E-state index is 9.60. The summed E-state index contributed by atoms with van der Waals surface area (Å²) >= 11 is 0. The molecule has 0 aromatic heterocycles. The molecule has 0 unspecified atom stereocenters. The molecular formula is C24H40O2.